The standard InChI is InChI=1S/C24H19ClN2O/c1-16-5-12-23-22(14-16)27-24(28-23)19-9-6-17(2)21(15-19)26-13-3-4-18-7-10-20(25)11-8-18/h3-15H,1-2H3/b4-3+,26-13?. The number of oxazole rings is 1. The minimum absolute atomic E-state index is 0.605. The van der Waals surface area contributed by atoms with E-state index in [0.29, 0.717) is 5.89 Å². The summed E-state index contributed by atoms with van der Waals surface area (Å²) in [4.78, 5) is 9.20. The van der Waals surface area contributed by atoms with E-state index < -0.39 is 0 Å². The quantitative estimate of drug-likeness (QED) is 0.348. The molecule has 3 aromatic carbocycles. The van der Waals surface area contributed by atoms with E-state index >= 15 is 0 Å². The van der Waals surface area contributed by atoms with Crippen LogP contribution in [0.25, 0.3) is 28.6 Å². The number of fused-ring (bicyclic) bond motifs is 1. The van der Waals surface area contributed by atoms with Gasteiger partial charge in [0.2, 0.25) is 5.89 Å². The number of allylic oxidation sites excluding steroid dienone is 1. The molecule has 0 spiro atoms. The first-order valence-electron chi connectivity index (χ1n) is 9.03. The smallest absolute Gasteiger partial charge is 0.227 e. The molecule has 0 aliphatic rings. The topological polar surface area (TPSA) is 38.4 Å². The Bertz CT molecular complexity index is 1190. The minimum atomic E-state index is 0.605. The summed E-state index contributed by atoms with van der Waals surface area (Å²) in [6.07, 6.45) is 5.69. The van der Waals surface area contributed by atoms with Crippen LogP contribution in [0.15, 0.2) is 76.1 Å². The molecule has 4 heteroatoms. The molecule has 138 valence electrons. The monoisotopic (exact) mass is 386 g/mol. The first kappa shape index (κ1) is 18.2. The van der Waals surface area contributed by atoms with Crippen molar-refractivity contribution in [3.8, 4) is 11.5 Å². The molecule has 0 aliphatic carbocycles. The molecule has 3 nitrogen and oxygen atoms in total. The molecule has 0 N–H and O–H groups in total. The lowest BCUT2D eigenvalue weighted by Crippen LogP contribution is -1.81. The molecule has 4 rings (SSSR count). The van der Waals surface area contributed by atoms with Crippen LogP contribution in [0.3, 0.4) is 0 Å². The predicted octanol–water partition coefficient (Wildman–Crippen LogP) is 7.18. The maximum absolute atomic E-state index is 5.91. The van der Waals surface area contributed by atoms with Gasteiger partial charge in [-0.1, -0.05) is 41.9 Å². The largest absolute Gasteiger partial charge is 0.436 e. The van der Waals surface area contributed by atoms with Crippen LogP contribution >= 0.6 is 11.6 Å². The lowest BCUT2D eigenvalue weighted by molar-refractivity contribution is 0.620. The molecule has 0 radical (unpaired) electrons. The zero-order chi connectivity index (χ0) is 19.5. The van der Waals surface area contributed by atoms with Crippen molar-refractivity contribution in [1.29, 1.82) is 0 Å². The molecule has 0 saturated heterocycles. The average Bonchev–Trinajstić information content (AvgIpc) is 3.11. The molecule has 0 atom stereocenters. The fourth-order valence-corrected chi connectivity index (χ4v) is 3.02. The Labute approximate surface area is 169 Å². The van der Waals surface area contributed by atoms with Crippen LogP contribution in [0, 0.1) is 13.8 Å². The Morgan fingerprint density at radius 3 is 2.61 bits per heavy atom. The molecule has 0 unspecified atom stereocenters. The third-order valence-corrected chi connectivity index (χ3v) is 4.71. The number of hydrogen-bond acceptors (Lipinski definition) is 3. The maximum atomic E-state index is 5.91. The first-order valence-corrected chi connectivity index (χ1v) is 9.41. The molecule has 0 aliphatic heterocycles. The van der Waals surface area contributed by atoms with E-state index in [1.54, 1.807) is 6.21 Å². The molecular weight excluding hydrogens is 368 g/mol. The summed E-state index contributed by atoms with van der Waals surface area (Å²) in [7, 11) is 0. The van der Waals surface area contributed by atoms with Gasteiger partial charge in [-0.05, 0) is 73.0 Å². The number of benzene rings is 3. The van der Waals surface area contributed by atoms with E-state index in [2.05, 4.69) is 9.98 Å². The summed E-state index contributed by atoms with van der Waals surface area (Å²) in [6, 6.07) is 19.7. The second-order valence-electron chi connectivity index (χ2n) is 6.68. The highest BCUT2D eigenvalue weighted by atomic mass is 35.5. The normalized spacial score (nSPS) is 11.8. The average molecular weight is 387 g/mol. The number of aliphatic imine (C=N–C) groups is 1. The van der Waals surface area contributed by atoms with Crippen molar-refractivity contribution in [2.24, 2.45) is 4.99 Å². The van der Waals surface area contributed by atoms with Gasteiger partial charge in [-0.15, -0.1) is 0 Å². The summed E-state index contributed by atoms with van der Waals surface area (Å²) in [5.74, 6) is 0.605. The van der Waals surface area contributed by atoms with Gasteiger partial charge in [0.05, 0.1) is 5.69 Å². The van der Waals surface area contributed by atoms with Crippen molar-refractivity contribution in [3.05, 3.63) is 88.5 Å². The predicted molar refractivity (Wildman–Crippen MR) is 118 cm³/mol. The molecule has 4 aromatic rings. The summed E-state index contributed by atoms with van der Waals surface area (Å²) < 4.78 is 5.91. The number of aryl methyl sites for hydroxylation is 2. The second-order valence-corrected chi connectivity index (χ2v) is 7.12. The number of halogens is 1. The Kier molecular flexibility index (Phi) is 5.09. The van der Waals surface area contributed by atoms with Crippen LogP contribution in [0.2, 0.25) is 5.02 Å². The molecule has 0 fully saturated rings. The van der Waals surface area contributed by atoms with Crippen LogP contribution < -0.4 is 0 Å². The number of rotatable bonds is 4. The maximum Gasteiger partial charge on any atom is 0.227 e. The summed E-state index contributed by atoms with van der Waals surface area (Å²) >= 11 is 5.91. The van der Waals surface area contributed by atoms with Gasteiger partial charge in [0.15, 0.2) is 5.58 Å². The molecule has 1 heterocycles. The van der Waals surface area contributed by atoms with Gasteiger partial charge in [0.25, 0.3) is 0 Å². The fraction of sp³-hybridized carbons (Fsp3) is 0.0833. The highest BCUT2D eigenvalue weighted by Crippen LogP contribution is 2.29. The van der Waals surface area contributed by atoms with Crippen molar-refractivity contribution in [2.75, 3.05) is 0 Å². The summed E-state index contributed by atoms with van der Waals surface area (Å²) in [5.41, 5.74) is 6.78. The Morgan fingerprint density at radius 1 is 0.964 bits per heavy atom. The van der Waals surface area contributed by atoms with Crippen molar-refractivity contribution in [1.82, 2.24) is 4.98 Å². The van der Waals surface area contributed by atoms with Crippen LogP contribution in [-0.2, 0) is 0 Å². The van der Waals surface area contributed by atoms with Crippen LogP contribution in [0.1, 0.15) is 16.7 Å². The first-order chi connectivity index (χ1) is 13.6. The fourth-order valence-electron chi connectivity index (χ4n) is 2.89. The lowest BCUT2D eigenvalue weighted by atomic mass is 10.1. The number of nitrogens with zero attached hydrogens (tertiary/aromatic N) is 2. The minimum Gasteiger partial charge on any atom is -0.436 e. The van der Waals surface area contributed by atoms with Crippen LogP contribution in [0.4, 0.5) is 5.69 Å². The second kappa shape index (κ2) is 7.83. The van der Waals surface area contributed by atoms with E-state index in [0.717, 1.165) is 44.1 Å². The molecular formula is C24H19ClN2O. The van der Waals surface area contributed by atoms with Gasteiger partial charge in [0, 0.05) is 16.8 Å². The van der Waals surface area contributed by atoms with Crippen molar-refractivity contribution < 1.29 is 4.42 Å². The van der Waals surface area contributed by atoms with Crippen molar-refractivity contribution in [3.63, 3.8) is 0 Å². The molecule has 1 aromatic heterocycles. The van der Waals surface area contributed by atoms with Crippen molar-refractivity contribution >= 4 is 40.7 Å². The highest BCUT2D eigenvalue weighted by molar-refractivity contribution is 6.30. The highest BCUT2D eigenvalue weighted by Gasteiger charge is 2.09. The third-order valence-electron chi connectivity index (χ3n) is 4.46. The van der Waals surface area contributed by atoms with E-state index in [-0.39, 0.29) is 0 Å². The number of aromatic nitrogens is 1. The summed E-state index contributed by atoms with van der Waals surface area (Å²) in [5, 5.41) is 0.729. The molecule has 28 heavy (non-hydrogen) atoms. The molecule has 0 amide bonds. The Hall–Kier alpha value is -3.17. The van der Waals surface area contributed by atoms with Gasteiger partial charge in [-0.2, -0.15) is 0 Å². The van der Waals surface area contributed by atoms with E-state index in [4.69, 9.17) is 16.0 Å². The van der Waals surface area contributed by atoms with E-state index in [9.17, 15) is 0 Å². The van der Waals surface area contributed by atoms with Crippen LogP contribution in [-0.4, -0.2) is 11.2 Å². The van der Waals surface area contributed by atoms with Crippen molar-refractivity contribution in [2.45, 2.75) is 13.8 Å². The number of hydrogen-bond donors (Lipinski definition) is 0. The third kappa shape index (κ3) is 4.05. The van der Waals surface area contributed by atoms with E-state index in [1.807, 2.05) is 86.7 Å². The van der Waals surface area contributed by atoms with Gasteiger partial charge in [-0.25, -0.2) is 4.98 Å². The summed E-state index contributed by atoms with van der Waals surface area (Å²) in [6.45, 7) is 4.08. The molecule has 0 saturated carbocycles. The SMILES string of the molecule is Cc1ccc2oc(-c3ccc(C)c(N=C/C=C/c4ccc(Cl)cc4)c3)nc2c1. The lowest BCUT2D eigenvalue weighted by Gasteiger charge is -2.02. The zero-order valence-corrected chi connectivity index (χ0v) is 16.4. The zero-order valence-electron chi connectivity index (χ0n) is 15.7. The van der Waals surface area contributed by atoms with Gasteiger partial charge >= 0.3 is 0 Å². The van der Waals surface area contributed by atoms with Gasteiger partial charge in [0.1, 0.15) is 5.52 Å². The Morgan fingerprint density at radius 2 is 1.79 bits per heavy atom. The molecule has 0 bridgehead atoms. The van der Waals surface area contributed by atoms with Crippen LogP contribution in [0.5, 0.6) is 0 Å². The van der Waals surface area contributed by atoms with Gasteiger partial charge < -0.3 is 4.42 Å². The van der Waals surface area contributed by atoms with Gasteiger partial charge in [-0.3, -0.25) is 4.99 Å². The Balaban J connectivity index is 1.58. The van der Waals surface area contributed by atoms with E-state index in [1.165, 1.54) is 0 Å².